The smallest absolute Gasteiger partial charge is 0.251 e. The zero-order valence-corrected chi connectivity index (χ0v) is 56.5. The maximum atomic E-state index is 15.4. The Labute approximate surface area is 541 Å². The van der Waals surface area contributed by atoms with Crippen LogP contribution >= 0.6 is 0 Å². The quantitative estimate of drug-likeness (QED) is 0.0330. The number of carbonyl (C=O) groups is 7. The molecule has 8 N–H and O–H groups in total. The summed E-state index contributed by atoms with van der Waals surface area (Å²) in [5.41, 5.74) is 6.45. The van der Waals surface area contributed by atoms with E-state index in [2.05, 4.69) is 87.6 Å². The summed E-state index contributed by atoms with van der Waals surface area (Å²) in [5, 5.41) is 26.0. The molecule has 91 heavy (non-hydrogen) atoms. The minimum atomic E-state index is -0.785. The molecular weight excluding hydrogens is 1140 g/mol. The summed E-state index contributed by atoms with van der Waals surface area (Å²) in [6.45, 7) is 25.1. The van der Waals surface area contributed by atoms with Crippen LogP contribution in [0.15, 0.2) is 91.0 Å². The van der Waals surface area contributed by atoms with E-state index in [1.54, 1.807) is 31.0 Å². The van der Waals surface area contributed by atoms with Crippen LogP contribution in [0, 0.1) is 28.1 Å². The van der Waals surface area contributed by atoms with Gasteiger partial charge in [0.2, 0.25) is 29.5 Å². The number of ketones is 1. The van der Waals surface area contributed by atoms with Crippen LogP contribution in [0.25, 0.3) is 0 Å². The normalized spacial score (nSPS) is 21.6. The summed E-state index contributed by atoms with van der Waals surface area (Å²) < 4.78 is 6.44. The average Bonchev–Trinajstić information content (AvgIpc) is 0.906. The van der Waals surface area contributed by atoms with Crippen molar-refractivity contribution in [1.82, 2.24) is 47.4 Å². The first-order valence-corrected chi connectivity index (χ1v) is 33.6. The SMILES string of the molecule is CCNC(C)C(=O)NC(CNC(C(=O)N1Cc2cc(OCc3ccc(C(=O)NC4CCC(CCC(=O)C(NC(=O)C(C)NC)C(C)(C)C)C(C(=O)NC5CCCc6ccccc65)C4)cc3)ccc2CC1C(=O)NC1CCCc2ccccc21)C(C)(C)C)C(C)(C)C. The minimum absolute atomic E-state index is 0.0614. The van der Waals surface area contributed by atoms with Crippen LogP contribution < -0.4 is 47.3 Å². The molecule has 1 fully saturated rings. The van der Waals surface area contributed by atoms with Gasteiger partial charge in [-0.2, -0.15) is 0 Å². The van der Waals surface area contributed by atoms with Crippen LogP contribution in [0.5, 0.6) is 5.75 Å². The highest BCUT2D eigenvalue weighted by atomic mass is 16.5. The van der Waals surface area contributed by atoms with E-state index in [1.807, 2.05) is 110 Å². The maximum absolute atomic E-state index is 15.4. The number of nitrogens with one attached hydrogen (secondary N) is 8. The number of nitrogens with zero attached hydrogens (tertiary/aromatic N) is 1. The van der Waals surface area contributed by atoms with Gasteiger partial charge in [0.15, 0.2) is 5.78 Å². The summed E-state index contributed by atoms with van der Waals surface area (Å²) in [6.07, 6.45) is 8.21. The molecule has 3 aliphatic carbocycles. The predicted octanol–water partition coefficient (Wildman–Crippen LogP) is 9.44. The fourth-order valence-electron chi connectivity index (χ4n) is 13.8. The molecule has 4 aliphatic rings. The fourth-order valence-corrected chi connectivity index (χ4v) is 13.8. The molecule has 17 nitrogen and oxygen atoms in total. The van der Waals surface area contributed by atoms with E-state index in [0.29, 0.717) is 56.5 Å². The third kappa shape index (κ3) is 18.2. The van der Waals surface area contributed by atoms with Gasteiger partial charge in [0.25, 0.3) is 5.91 Å². The van der Waals surface area contributed by atoms with Gasteiger partial charge in [0.1, 0.15) is 18.4 Å². The monoisotopic (exact) mass is 1250 g/mol. The van der Waals surface area contributed by atoms with Crippen molar-refractivity contribution in [2.45, 2.75) is 228 Å². The maximum Gasteiger partial charge on any atom is 0.251 e. The van der Waals surface area contributed by atoms with Crippen molar-refractivity contribution in [3.05, 3.63) is 136 Å². The van der Waals surface area contributed by atoms with Crippen LogP contribution in [0.1, 0.15) is 202 Å². The number of carbonyl (C=O) groups excluding carboxylic acids is 7. The fraction of sp³-hybridized carbons (Fsp3) is 0.581. The molecule has 0 radical (unpaired) electrons. The van der Waals surface area contributed by atoms with Gasteiger partial charge in [-0.05, 0) is 177 Å². The van der Waals surface area contributed by atoms with Crippen molar-refractivity contribution in [1.29, 1.82) is 0 Å². The van der Waals surface area contributed by atoms with Crippen LogP contribution in [0.4, 0.5) is 0 Å². The number of hydrogen-bond acceptors (Lipinski definition) is 11. The van der Waals surface area contributed by atoms with Gasteiger partial charge >= 0.3 is 0 Å². The van der Waals surface area contributed by atoms with E-state index in [1.165, 1.54) is 11.1 Å². The molecule has 11 unspecified atom stereocenters. The lowest BCUT2D eigenvalue weighted by Crippen LogP contribution is -2.62. The van der Waals surface area contributed by atoms with E-state index in [4.69, 9.17) is 4.74 Å². The predicted molar refractivity (Wildman–Crippen MR) is 358 cm³/mol. The molecule has 8 rings (SSSR count). The second-order valence-electron chi connectivity index (χ2n) is 29.5. The molecule has 0 spiro atoms. The Morgan fingerprint density at radius 2 is 1.23 bits per heavy atom. The first kappa shape index (κ1) is 69.9. The molecule has 6 amide bonds. The Morgan fingerprint density at radius 1 is 0.626 bits per heavy atom. The summed E-state index contributed by atoms with van der Waals surface area (Å²) in [7, 11) is 1.71. The minimum Gasteiger partial charge on any atom is -0.489 e. The van der Waals surface area contributed by atoms with E-state index < -0.39 is 40.9 Å². The van der Waals surface area contributed by atoms with Crippen molar-refractivity contribution in [2.24, 2.45) is 28.1 Å². The highest BCUT2D eigenvalue weighted by molar-refractivity contribution is 5.95. The molecule has 0 saturated heterocycles. The molecule has 494 valence electrons. The number of fused-ring (bicyclic) bond motifs is 3. The first-order chi connectivity index (χ1) is 43.1. The van der Waals surface area contributed by atoms with Crippen molar-refractivity contribution in [3.8, 4) is 5.75 Å². The number of rotatable bonds is 24. The van der Waals surface area contributed by atoms with E-state index in [9.17, 15) is 28.8 Å². The number of aryl methyl sites for hydroxylation is 2. The van der Waals surface area contributed by atoms with Gasteiger partial charge in [0.05, 0.1) is 36.3 Å². The van der Waals surface area contributed by atoms with Crippen molar-refractivity contribution in [2.75, 3.05) is 20.1 Å². The van der Waals surface area contributed by atoms with Crippen molar-refractivity contribution >= 4 is 41.2 Å². The lowest BCUT2D eigenvalue weighted by Gasteiger charge is -2.42. The topological polar surface area (TPSA) is 228 Å². The molecule has 1 heterocycles. The number of amides is 6. The van der Waals surface area contributed by atoms with Gasteiger partial charge in [-0.25, -0.2) is 0 Å². The third-order valence-electron chi connectivity index (χ3n) is 19.5. The molecule has 1 saturated carbocycles. The number of benzene rings is 4. The van der Waals surface area contributed by atoms with E-state index in [-0.39, 0.29) is 102 Å². The van der Waals surface area contributed by atoms with Crippen LogP contribution in [-0.4, -0.2) is 109 Å². The van der Waals surface area contributed by atoms with Crippen LogP contribution in [0.2, 0.25) is 0 Å². The standard InChI is InChI=1S/C74H105N9O8/c1-14-76-46(3)67(86)81-63(72(4,5)6)42-77-65(74(10,11)12)71(90)83-43-53-39-55(37-34-52(53)40-61(83)70(89)80-60-28-20-24-49-22-16-18-26-57(49)60)91-44-47-29-31-51(32-30-47)68(87)78-54-36-33-50(35-38-62(84)64(73(7,8)9)82-66(85)45(2)75-13)58(41-54)69(88)79-59-27-19-23-48-21-15-17-25-56(48)59/h15-18,21-22,25-26,29-32,34,37,39,45-46,50,54,58-61,63-65,75-77H,14,19-20,23-24,27-28,33,35-36,38,40-44H2,1-13H3,(H,78,87)(H,79,88)(H,80,89)(H,81,86)(H,82,85). The Kier molecular flexibility index (Phi) is 23.6. The van der Waals surface area contributed by atoms with Gasteiger partial charge in [-0.15, -0.1) is 0 Å². The molecule has 4 aromatic rings. The van der Waals surface area contributed by atoms with Crippen LogP contribution in [0.3, 0.4) is 0 Å². The molecular formula is C74H105N9O8. The second-order valence-corrected chi connectivity index (χ2v) is 29.5. The lowest BCUT2D eigenvalue weighted by molar-refractivity contribution is -0.146. The molecule has 17 heteroatoms. The molecule has 4 aromatic carbocycles. The molecule has 11 atom stereocenters. The number of likely N-dealkylation sites (N-methyl/N-ethyl adjacent to an activating group) is 2. The zero-order valence-electron chi connectivity index (χ0n) is 56.5. The van der Waals surface area contributed by atoms with E-state index in [0.717, 1.165) is 66.3 Å². The van der Waals surface area contributed by atoms with Gasteiger partial charge < -0.3 is 52.2 Å². The summed E-state index contributed by atoms with van der Waals surface area (Å²) in [5.74, 6) is -1.07. The Bertz CT molecular complexity index is 3200. The summed E-state index contributed by atoms with van der Waals surface area (Å²) in [4.78, 5) is 101. The zero-order chi connectivity index (χ0) is 66.0. The molecule has 0 bridgehead atoms. The van der Waals surface area contributed by atoms with Gasteiger partial charge in [-0.1, -0.05) is 136 Å². The van der Waals surface area contributed by atoms with E-state index >= 15 is 4.79 Å². The average molecular weight is 1250 g/mol. The van der Waals surface area contributed by atoms with Crippen molar-refractivity contribution in [3.63, 3.8) is 0 Å². The number of Topliss-reactive ketones (excluding diaryl/α,β-unsaturated/α-hetero) is 1. The van der Waals surface area contributed by atoms with Crippen molar-refractivity contribution < 1.29 is 38.3 Å². The highest BCUT2D eigenvalue weighted by Crippen LogP contribution is 2.38. The second kappa shape index (κ2) is 30.7. The number of hydrogen-bond donors (Lipinski definition) is 8. The van der Waals surface area contributed by atoms with Gasteiger partial charge in [0, 0.05) is 49.5 Å². The van der Waals surface area contributed by atoms with Crippen LogP contribution in [-0.2, 0) is 61.2 Å². The Balaban J connectivity index is 0.944. The molecule has 1 aliphatic heterocycles. The summed E-state index contributed by atoms with van der Waals surface area (Å²) >= 11 is 0. The molecule has 0 aromatic heterocycles. The highest BCUT2D eigenvalue weighted by Gasteiger charge is 2.44. The Hall–Kier alpha value is -6.95. The largest absolute Gasteiger partial charge is 0.489 e. The lowest BCUT2D eigenvalue weighted by atomic mass is 9.73. The van der Waals surface area contributed by atoms with Gasteiger partial charge in [-0.3, -0.25) is 33.6 Å². The number of ether oxygens (including phenoxy) is 1. The third-order valence-corrected chi connectivity index (χ3v) is 19.5. The Morgan fingerprint density at radius 3 is 1.82 bits per heavy atom. The summed E-state index contributed by atoms with van der Waals surface area (Å²) in [6, 6.07) is 25.8. The first-order valence-electron chi connectivity index (χ1n) is 33.6.